The molecule has 8 heteroatoms. The maximum atomic E-state index is 12.4. The van der Waals surface area contributed by atoms with Crippen molar-refractivity contribution >= 4 is 29.2 Å². The van der Waals surface area contributed by atoms with E-state index < -0.39 is 0 Å². The Bertz CT molecular complexity index is 905. The van der Waals surface area contributed by atoms with Gasteiger partial charge in [0.15, 0.2) is 11.5 Å². The molecule has 0 bridgehead atoms. The minimum atomic E-state index is -0.332. The fourth-order valence-electron chi connectivity index (χ4n) is 3.31. The SMILES string of the molecule is O=C(NCc1ccccc1Cl)N[C@@H]1CC(=O)N(c2ccc3c(c2)OCCO3)C1. The number of hydrogen-bond donors (Lipinski definition) is 2. The predicted octanol–water partition coefficient (Wildman–Crippen LogP) is 2.72. The van der Waals surface area contributed by atoms with E-state index in [1.165, 1.54) is 0 Å². The highest BCUT2D eigenvalue weighted by molar-refractivity contribution is 6.31. The standard InChI is InChI=1S/C20H20ClN3O4/c21-16-4-2-1-3-13(16)11-22-20(26)23-14-9-19(25)24(12-14)15-5-6-17-18(10-15)28-8-7-27-17/h1-6,10,14H,7-9,11-12H2,(H2,22,23,26)/t14-/m1/s1. The summed E-state index contributed by atoms with van der Waals surface area (Å²) in [6, 6.07) is 12.1. The van der Waals surface area contributed by atoms with Crippen LogP contribution in [0.1, 0.15) is 12.0 Å². The first kappa shape index (κ1) is 18.4. The van der Waals surface area contributed by atoms with Crippen molar-refractivity contribution in [1.82, 2.24) is 10.6 Å². The summed E-state index contributed by atoms with van der Waals surface area (Å²) in [4.78, 5) is 26.3. The Labute approximate surface area is 167 Å². The summed E-state index contributed by atoms with van der Waals surface area (Å²) >= 11 is 6.09. The summed E-state index contributed by atoms with van der Waals surface area (Å²) in [5.41, 5.74) is 1.56. The van der Waals surface area contributed by atoms with E-state index >= 15 is 0 Å². The first-order valence-electron chi connectivity index (χ1n) is 9.08. The maximum Gasteiger partial charge on any atom is 0.315 e. The van der Waals surface area contributed by atoms with Crippen molar-refractivity contribution in [1.29, 1.82) is 0 Å². The molecule has 146 valence electrons. The lowest BCUT2D eigenvalue weighted by molar-refractivity contribution is -0.117. The molecule has 0 saturated carbocycles. The number of nitrogens with one attached hydrogen (secondary N) is 2. The third-order valence-electron chi connectivity index (χ3n) is 4.69. The number of anilines is 1. The molecule has 0 unspecified atom stereocenters. The highest BCUT2D eigenvalue weighted by Gasteiger charge is 2.32. The number of rotatable bonds is 4. The zero-order valence-corrected chi connectivity index (χ0v) is 15.9. The van der Waals surface area contributed by atoms with Gasteiger partial charge >= 0.3 is 6.03 Å². The van der Waals surface area contributed by atoms with E-state index in [0.717, 1.165) is 11.3 Å². The molecule has 0 aliphatic carbocycles. The molecule has 0 radical (unpaired) electrons. The van der Waals surface area contributed by atoms with Crippen molar-refractivity contribution in [3.63, 3.8) is 0 Å². The van der Waals surface area contributed by atoms with Crippen LogP contribution < -0.4 is 25.0 Å². The predicted molar refractivity (Wildman–Crippen MR) is 105 cm³/mol. The third-order valence-corrected chi connectivity index (χ3v) is 5.06. The number of urea groups is 1. The second-order valence-electron chi connectivity index (χ2n) is 6.65. The molecule has 7 nitrogen and oxygen atoms in total. The van der Waals surface area contributed by atoms with E-state index in [-0.39, 0.29) is 24.4 Å². The molecule has 1 saturated heterocycles. The quantitative estimate of drug-likeness (QED) is 0.825. The van der Waals surface area contributed by atoms with Crippen molar-refractivity contribution in [2.45, 2.75) is 19.0 Å². The minimum Gasteiger partial charge on any atom is -0.486 e. The first-order chi connectivity index (χ1) is 13.6. The molecular formula is C20H20ClN3O4. The van der Waals surface area contributed by atoms with Crippen LogP contribution in [-0.4, -0.2) is 37.7 Å². The number of ether oxygens (including phenoxy) is 2. The maximum absolute atomic E-state index is 12.4. The van der Waals surface area contributed by atoms with Crippen LogP contribution in [-0.2, 0) is 11.3 Å². The molecule has 2 aliphatic rings. The Kier molecular flexibility index (Phi) is 5.25. The van der Waals surface area contributed by atoms with Crippen LogP contribution in [0.25, 0.3) is 0 Å². The smallest absolute Gasteiger partial charge is 0.315 e. The van der Waals surface area contributed by atoms with Gasteiger partial charge in [-0.1, -0.05) is 29.8 Å². The Morgan fingerprint density at radius 2 is 1.93 bits per heavy atom. The van der Waals surface area contributed by atoms with E-state index in [1.807, 2.05) is 24.3 Å². The highest BCUT2D eigenvalue weighted by atomic mass is 35.5. The average Bonchev–Trinajstić information content (AvgIpc) is 3.07. The van der Waals surface area contributed by atoms with Crippen LogP contribution >= 0.6 is 11.6 Å². The zero-order valence-electron chi connectivity index (χ0n) is 15.1. The number of hydrogen-bond acceptors (Lipinski definition) is 4. The van der Waals surface area contributed by atoms with Gasteiger partial charge in [-0.05, 0) is 23.8 Å². The molecule has 0 spiro atoms. The van der Waals surface area contributed by atoms with Crippen LogP contribution in [0.2, 0.25) is 5.02 Å². The monoisotopic (exact) mass is 401 g/mol. The van der Waals surface area contributed by atoms with Gasteiger partial charge in [0.1, 0.15) is 13.2 Å². The molecule has 2 aromatic rings. The second kappa shape index (κ2) is 7.98. The van der Waals surface area contributed by atoms with Crippen LogP contribution in [0.4, 0.5) is 10.5 Å². The summed E-state index contributed by atoms with van der Waals surface area (Å²) in [6.07, 6.45) is 0.244. The molecule has 2 aromatic carbocycles. The number of nitrogens with zero attached hydrogens (tertiary/aromatic N) is 1. The number of halogens is 1. The average molecular weight is 402 g/mol. The molecule has 4 rings (SSSR count). The second-order valence-corrected chi connectivity index (χ2v) is 7.06. The van der Waals surface area contributed by atoms with Crippen molar-refractivity contribution in [3.8, 4) is 11.5 Å². The Morgan fingerprint density at radius 1 is 1.14 bits per heavy atom. The summed E-state index contributed by atoms with van der Waals surface area (Å²) in [7, 11) is 0. The van der Waals surface area contributed by atoms with Crippen molar-refractivity contribution in [2.75, 3.05) is 24.7 Å². The molecule has 1 atom stereocenters. The highest BCUT2D eigenvalue weighted by Crippen LogP contribution is 2.35. The topological polar surface area (TPSA) is 79.9 Å². The lowest BCUT2D eigenvalue weighted by Crippen LogP contribution is -2.43. The van der Waals surface area contributed by atoms with Gasteiger partial charge in [0, 0.05) is 36.3 Å². The van der Waals surface area contributed by atoms with Crippen LogP contribution in [0, 0.1) is 0 Å². The zero-order chi connectivity index (χ0) is 19.5. The van der Waals surface area contributed by atoms with E-state index in [1.54, 1.807) is 23.1 Å². The van der Waals surface area contributed by atoms with Gasteiger partial charge < -0.3 is 25.0 Å². The van der Waals surface area contributed by atoms with Gasteiger partial charge in [-0.25, -0.2) is 4.79 Å². The number of benzene rings is 2. The third kappa shape index (κ3) is 3.99. The fourth-order valence-corrected chi connectivity index (χ4v) is 3.51. The summed E-state index contributed by atoms with van der Waals surface area (Å²) < 4.78 is 11.1. The Morgan fingerprint density at radius 3 is 2.75 bits per heavy atom. The van der Waals surface area contributed by atoms with Crippen molar-refractivity contribution in [3.05, 3.63) is 53.1 Å². The number of carbonyl (C=O) groups is 2. The van der Waals surface area contributed by atoms with Crippen molar-refractivity contribution in [2.24, 2.45) is 0 Å². The first-order valence-corrected chi connectivity index (χ1v) is 9.46. The van der Waals surface area contributed by atoms with Gasteiger partial charge in [-0.3, -0.25) is 4.79 Å². The van der Waals surface area contributed by atoms with Gasteiger partial charge in [0.25, 0.3) is 0 Å². The van der Waals surface area contributed by atoms with E-state index in [2.05, 4.69) is 10.6 Å². The Hall–Kier alpha value is -2.93. The van der Waals surface area contributed by atoms with E-state index in [9.17, 15) is 9.59 Å². The van der Waals surface area contributed by atoms with E-state index in [4.69, 9.17) is 21.1 Å². The molecule has 2 aliphatic heterocycles. The number of carbonyl (C=O) groups excluding carboxylic acids is 2. The summed E-state index contributed by atoms with van der Waals surface area (Å²) in [6.45, 7) is 1.72. The number of amides is 3. The number of fused-ring (bicyclic) bond motifs is 1. The minimum absolute atomic E-state index is 0.0481. The van der Waals surface area contributed by atoms with Gasteiger partial charge in [-0.2, -0.15) is 0 Å². The largest absolute Gasteiger partial charge is 0.486 e. The molecule has 1 fully saturated rings. The molecule has 2 N–H and O–H groups in total. The van der Waals surface area contributed by atoms with Gasteiger partial charge in [0.05, 0.1) is 6.04 Å². The van der Waals surface area contributed by atoms with Crippen LogP contribution in [0.15, 0.2) is 42.5 Å². The van der Waals surface area contributed by atoms with Crippen molar-refractivity contribution < 1.29 is 19.1 Å². The molecule has 2 heterocycles. The molecule has 0 aromatic heterocycles. The molecular weight excluding hydrogens is 382 g/mol. The lowest BCUT2D eigenvalue weighted by Gasteiger charge is -2.22. The molecule has 3 amide bonds. The summed E-state index contributed by atoms with van der Waals surface area (Å²) in [5.74, 6) is 1.26. The summed E-state index contributed by atoms with van der Waals surface area (Å²) in [5, 5.41) is 6.23. The van der Waals surface area contributed by atoms with E-state index in [0.29, 0.717) is 42.8 Å². The normalized spacial score (nSPS) is 18.1. The van der Waals surface area contributed by atoms with Crippen LogP contribution in [0.5, 0.6) is 11.5 Å². The fraction of sp³-hybridized carbons (Fsp3) is 0.300. The molecule has 28 heavy (non-hydrogen) atoms. The van der Waals surface area contributed by atoms with Gasteiger partial charge in [-0.15, -0.1) is 0 Å². The van der Waals surface area contributed by atoms with Crippen LogP contribution in [0.3, 0.4) is 0 Å². The van der Waals surface area contributed by atoms with Gasteiger partial charge in [0.2, 0.25) is 5.91 Å². The Balaban J connectivity index is 1.34. The lowest BCUT2D eigenvalue weighted by atomic mass is 10.2.